The zero-order valence-corrected chi connectivity index (χ0v) is 16.4. The van der Waals surface area contributed by atoms with Gasteiger partial charge in [0, 0.05) is 38.0 Å². The Labute approximate surface area is 157 Å². The van der Waals surface area contributed by atoms with Crippen LogP contribution in [0.4, 0.5) is 5.82 Å². The van der Waals surface area contributed by atoms with Gasteiger partial charge >= 0.3 is 5.69 Å². The van der Waals surface area contributed by atoms with E-state index in [1.165, 1.54) is 0 Å². The number of hydrogen-bond acceptors (Lipinski definition) is 4. The highest BCUT2D eigenvalue weighted by atomic mass is 16.1. The smallest absolute Gasteiger partial charge is 0.328 e. The minimum atomic E-state index is -0.0129. The maximum absolute atomic E-state index is 12.1. The van der Waals surface area contributed by atoms with Gasteiger partial charge in [-0.3, -0.25) is 9.13 Å². The Balaban J connectivity index is 1.71. The Kier molecular flexibility index (Phi) is 4.02. The molecule has 4 rings (SSSR count). The second-order valence-electron chi connectivity index (χ2n) is 7.01. The molecule has 3 heterocycles. The molecule has 0 spiro atoms. The highest BCUT2D eigenvalue weighted by Gasteiger charge is 2.12. The third-order valence-corrected chi connectivity index (χ3v) is 5.28. The second kappa shape index (κ2) is 6.26. The minimum Gasteiger partial charge on any atom is -0.366 e. The third-order valence-electron chi connectivity index (χ3n) is 5.28. The fourth-order valence-electron chi connectivity index (χ4n) is 3.44. The summed E-state index contributed by atoms with van der Waals surface area (Å²) in [6.07, 6.45) is 0.868. The van der Waals surface area contributed by atoms with E-state index in [4.69, 9.17) is 4.98 Å². The van der Waals surface area contributed by atoms with E-state index in [0.717, 1.165) is 51.4 Å². The van der Waals surface area contributed by atoms with Crippen molar-refractivity contribution in [3.8, 4) is 0 Å². The zero-order valence-electron chi connectivity index (χ0n) is 16.4. The maximum atomic E-state index is 12.1. The van der Waals surface area contributed by atoms with Crippen LogP contribution in [0.2, 0.25) is 0 Å². The van der Waals surface area contributed by atoms with Gasteiger partial charge in [-0.2, -0.15) is 9.61 Å². The van der Waals surface area contributed by atoms with Gasteiger partial charge < -0.3 is 5.32 Å². The molecule has 0 radical (unpaired) electrons. The molecule has 7 nitrogen and oxygen atoms in total. The Hall–Kier alpha value is -3.09. The van der Waals surface area contributed by atoms with E-state index >= 15 is 0 Å². The standard InChI is InChI=1S/C20H24N6O/c1-6-15-10-18(26-19(22-15)12(2)13(3)23-26)21-11-14-7-8-16-17(9-14)25(5)20(27)24(16)4/h7-10,21H,6,11H2,1-5H3. The van der Waals surface area contributed by atoms with Crippen LogP contribution in [0.5, 0.6) is 0 Å². The average Bonchev–Trinajstić information content (AvgIpc) is 3.08. The molecule has 0 unspecified atom stereocenters. The maximum Gasteiger partial charge on any atom is 0.328 e. The monoisotopic (exact) mass is 364 g/mol. The second-order valence-corrected chi connectivity index (χ2v) is 7.01. The molecule has 0 aliphatic heterocycles. The van der Waals surface area contributed by atoms with Crippen LogP contribution >= 0.6 is 0 Å². The van der Waals surface area contributed by atoms with Crippen LogP contribution in [0.15, 0.2) is 29.1 Å². The number of anilines is 1. The molecule has 0 saturated carbocycles. The van der Waals surface area contributed by atoms with Crippen molar-refractivity contribution in [1.29, 1.82) is 0 Å². The quantitative estimate of drug-likeness (QED) is 0.604. The summed E-state index contributed by atoms with van der Waals surface area (Å²) in [5.74, 6) is 0.926. The number of imidazole rings is 1. The van der Waals surface area contributed by atoms with Gasteiger partial charge in [0.25, 0.3) is 0 Å². The largest absolute Gasteiger partial charge is 0.366 e. The van der Waals surface area contributed by atoms with Crippen molar-refractivity contribution in [2.24, 2.45) is 14.1 Å². The van der Waals surface area contributed by atoms with Crippen LogP contribution in [0.1, 0.15) is 29.4 Å². The van der Waals surface area contributed by atoms with Gasteiger partial charge in [0.15, 0.2) is 5.65 Å². The first-order valence-electron chi connectivity index (χ1n) is 9.14. The molecule has 7 heteroatoms. The predicted molar refractivity (Wildman–Crippen MR) is 107 cm³/mol. The van der Waals surface area contributed by atoms with E-state index < -0.39 is 0 Å². The molecular formula is C20H24N6O. The van der Waals surface area contributed by atoms with E-state index in [9.17, 15) is 4.79 Å². The summed E-state index contributed by atoms with van der Waals surface area (Å²) in [5, 5.41) is 8.11. The molecule has 0 bridgehead atoms. The Morgan fingerprint density at radius 2 is 1.81 bits per heavy atom. The Morgan fingerprint density at radius 1 is 1.07 bits per heavy atom. The van der Waals surface area contributed by atoms with Gasteiger partial charge in [0.2, 0.25) is 0 Å². The van der Waals surface area contributed by atoms with E-state index in [2.05, 4.69) is 36.4 Å². The molecule has 0 aliphatic carbocycles. The number of aromatic nitrogens is 5. The van der Waals surface area contributed by atoms with Gasteiger partial charge in [0.1, 0.15) is 5.82 Å². The van der Waals surface area contributed by atoms with Crippen LogP contribution in [-0.2, 0) is 27.1 Å². The third kappa shape index (κ3) is 2.70. The van der Waals surface area contributed by atoms with Crippen molar-refractivity contribution >= 4 is 22.5 Å². The zero-order chi connectivity index (χ0) is 19.3. The summed E-state index contributed by atoms with van der Waals surface area (Å²) in [4.78, 5) is 16.8. The summed E-state index contributed by atoms with van der Waals surface area (Å²) >= 11 is 0. The molecule has 140 valence electrons. The van der Waals surface area contributed by atoms with Gasteiger partial charge in [-0.05, 0) is 38.0 Å². The van der Waals surface area contributed by atoms with Crippen LogP contribution in [0, 0.1) is 13.8 Å². The average molecular weight is 364 g/mol. The molecule has 0 amide bonds. The normalized spacial score (nSPS) is 11.6. The molecule has 0 saturated heterocycles. The number of nitrogens with zero attached hydrogens (tertiary/aromatic N) is 5. The van der Waals surface area contributed by atoms with Crippen molar-refractivity contribution in [2.75, 3.05) is 5.32 Å². The number of nitrogens with one attached hydrogen (secondary N) is 1. The van der Waals surface area contributed by atoms with Gasteiger partial charge in [-0.15, -0.1) is 0 Å². The first kappa shape index (κ1) is 17.3. The van der Waals surface area contributed by atoms with Crippen molar-refractivity contribution in [1.82, 2.24) is 23.7 Å². The van der Waals surface area contributed by atoms with Crippen molar-refractivity contribution in [3.63, 3.8) is 0 Å². The lowest BCUT2D eigenvalue weighted by Crippen LogP contribution is -2.19. The molecule has 0 aliphatic rings. The first-order valence-corrected chi connectivity index (χ1v) is 9.14. The topological polar surface area (TPSA) is 69.2 Å². The highest BCUT2D eigenvalue weighted by Crippen LogP contribution is 2.20. The Morgan fingerprint density at radius 3 is 2.56 bits per heavy atom. The van der Waals surface area contributed by atoms with Crippen molar-refractivity contribution < 1.29 is 0 Å². The molecule has 0 atom stereocenters. The lowest BCUT2D eigenvalue weighted by Gasteiger charge is -2.11. The van der Waals surface area contributed by atoms with Crippen molar-refractivity contribution in [3.05, 3.63) is 57.3 Å². The summed E-state index contributed by atoms with van der Waals surface area (Å²) in [5.41, 5.74) is 6.98. The van der Waals surface area contributed by atoms with Crippen LogP contribution in [-0.4, -0.2) is 23.7 Å². The fourth-order valence-corrected chi connectivity index (χ4v) is 3.44. The van der Waals surface area contributed by atoms with Gasteiger partial charge in [-0.1, -0.05) is 13.0 Å². The lowest BCUT2D eigenvalue weighted by molar-refractivity contribution is 0.795. The van der Waals surface area contributed by atoms with E-state index in [-0.39, 0.29) is 5.69 Å². The van der Waals surface area contributed by atoms with E-state index in [1.807, 2.05) is 23.6 Å². The van der Waals surface area contributed by atoms with Gasteiger partial charge in [-0.25, -0.2) is 9.78 Å². The van der Waals surface area contributed by atoms with Crippen LogP contribution < -0.4 is 11.0 Å². The molecule has 1 aromatic carbocycles. The van der Waals surface area contributed by atoms with E-state index in [1.54, 1.807) is 23.2 Å². The summed E-state index contributed by atoms with van der Waals surface area (Å²) in [6.45, 7) is 6.80. The lowest BCUT2D eigenvalue weighted by atomic mass is 10.2. The van der Waals surface area contributed by atoms with Gasteiger partial charge in [0.05, 0.1) is 16.7 Å². The summed E-state index contributed by atoms with van der Waals surface area (Å²) < 4.78 is 5.22. The van der Waals surface area contributed by atoms with E-state index in [0.29, 0.717) is 6.54 Å². The predicted octanol–water partition coefficient (Wildman–Crippen LogP) is 2.71. The van der Waals surface area contributed by atoms with Crippen LogP contribution in [0.3, 0.4) is 0 Å². The van der Waals surface area contributed by atoms with Crippen molar-refractivity contribution in [2.45, 2.75) is 33.7 Å². The summed E-state index contributed by atoms with van der Waals surface area (Å²) in [6, 6.07) is 8.15. The SMILES string of the molecule is CCc1cc(NCc2ccc3c(c2)n(C)c(=O)n3C)n2nc(C)c(C)c2n1. The Bertz CT molecular complexity index is 1230. The number of fused-ring (bicyclic) bond motifs is 2. The molecule has 3 aromatic heterocycles. The molecule has 1 N–H and O–H groups in total. The molecular weight excluding hydrogens is 340 g/mol. The number of aryl methyl sites for hydroxylation is 5. The number of hydrogen-bond donors (Lipinski definition) is 1. The highest BCUT2D eigenvalue weighted by molar-refractivity contribution is 5.77. The fraction of sp³-hybridized carbons (Fsp3) is 0.350. The first-order chi connectivity index (χ1) is 12.9. The molecule has 27 heavy (non-hydrogen) atoms. The number of rotatable bonds is 4. The summed E-state index contributed by atoms with van der Waals surface area (Å²) in [7, 11) is 3.60. The molecule has 0 fully saturated rings. The van der Waals surface area contributed by atoms with Crippen LogP contribution in [0.25, 0.3) is 16.7 Å². The molecule has 4 aromatic rings. The number of benzene rings is 1. The minimum absolute atomic E-state index is 0.0129.